The SMILES string of the molecule is CCOc1ccc(N(CC(=O)N[C@H](C)c2ccc(C(C)(C)C)cc2)S(=O)(=O)c2ccc(Br)cc2)cc1. The van der Waals surface area contributed by atoms with Crippen LogP contribution in [-0.4, -0.2) is 27.5 Å². The van der Waals surface area contributed by atoms with Crippen LogP contribution in [0, 0.1) is 0 Å². The van der Waals surface area contributed by atoms with Crippen LogP contribution in [-0.2, 0) is 20.2 Å². The molecule has 6 nitrogen and oxygen atoms in total. The summed E-state index contributed by atoms with van der Waals surface area (Å²) in [5, 5.41) is 2.94. The zero-order valence-electron chi connectivity index (χ0n) is 21.3. The molecule has 0 bridgehead atoms. The van der Waals surface area contributed by atoms with Crippen molar-refractivity contribution in [3.05, 3.63) is 88.4 Å². The predicted molar refractivity (Wildman–Crippen MR) is 148 cm³/mol. The molecule has 0 aliphatic rings. The molecule has 1 atom stereocenters. The Labute approximate surface area is 222 Å². The summed E-state index contributed by atoms with van der Waals surface area (Å²) in [6, 6.07) is 20.8. The van der Waals surface area contributed by atoms with Crippen molar-refractivity contribution in [3.63, 3.8) is 0 Å². The van der Waals surface area contributed by atoms with E-state index in [1.54, 1.807) is 36.4 Å². The Kier molecular flexibility index (Phi) is 8.84. The lowest BCUT2D eigenvalue weighted by molar-refractivity contribution is -0.120. The maximum Gasteiger partial charge on any atom is 0.264 e. The molecule has 0 aromatic heterocycles. The molecule has 0 saturated heterocycles. The van der Waals surface area contributed by atoms with Crippen molar-refractivity contribution >= 4 is 37.5 Å². The number of halogens is 1. The summed E-state index contributed by atoms with van der Waals surface area (Å²) < 4.78 is 34.5. The van der Waals surface area contributed by atoms with Gasteiger partial charge < -0.3 is 10.1 Å². The van der Waals surface area contributed by atoms with E-state index in [0.717, 1.165) is 14.3 Å². The van der Waals surface area contributed by atoms with Crippen LogP contribution in [0.25, 0.3) is 0 Å². The van der Waals surface area contributed by atoms with Crippen LogP contribution in [0.3, 0.4) is 0 Å². The topological polar surface area (TPSA) is 75.7 Å². The predicted octanol–water partition coefficient (Wildman–Crippen LogP) is 6.22. The van der Waals surface area contributed by atoms with Gasteiger partial charge in [-0.2, -0.15) is 0 Å². The van der Waals surface area contributed by atoms with E-state index in [1.807, 2.05) is 26.0 Å². The number of anilines is 1. The molecule has 3 aromatic carbocycles. The van der Waals surface area contributed by atoms with Crippen LogP contribution >= 0.6 is 15.9 Å². The van der Waals surface area contributed by atoms with Gasteiger partial charge in [-0.05, 0) is 78.9 Å². The molecule has 0 aliphatic carbocycles. The number of nitrogens with one attached hydrogen (secondary N) is 1. The highest BCUT2D eigenvalue weighted by molar-refractivity contribution is 9.10. The third kappa shape index (κ3) is 6.89. The summed E-state index contributed by atoms with van der Waals surface area (Å²) in [6.07, 6.45) is 0. The summed E-state index contributed by atoms with van der Waals surface area (Å²) >= 11 is 3.34. The van der Waals surface area contributed by atoms with Gasteiger partial charge in [-0.1, -0.05) is 61.0 Å². The lowest BCUT2D eigenvalue weighted by Gasteiger charge is -2.25. The van der Waals surface area contributed by atoms with Gasteiger partial charge >= 0.3 is 0 Å². The Morgan fingerprint density at radius 1 is 0.972 bits per heavy atom. The molecule has 3 rings (SSSR count). The minimum Gasteiger partial charge on any atom is -0.494 e. The molecular formula is C28H33BrN2O4S. The van der Waals surface area contributed by atoms with Crippen LogP contribution in [0.15, 0.2) is 82.2 Å². The fourth-order valence-corrected chi connectivity index (χ4v) is 5.38. The van der Waals surface area contributed by atoms with Crippen molar-refractivity contribution in [2.75, 3.05) is 17.5 Å². The summed E-state index contributed by atoms with van der Waals surface area (Å²) in [7, 11) is -4.00. The number of nitrogens with zero attached hydrogens (tertiary/aromatic N) is 1. The van der Waals surface area contributed by atoms with Gasteiger partial charge in [0.05, 0.1) is 23.2 Å². The van der Waals surface area contributed by atoms with E-state index in [-0.39, 0.29) is 22.9 Å². The Balaban J connectivity index is 1.85. The standard InChI is InChI=1S/C28H33BrN2O4S/c1-6-35-25-15-13-24(14-16-25)31(36(33,34)26-17-11-23(29)12-18-26)19-27(32)30-20(2)21-7-9-22(10-8-21)28(3,4)5/h7-18,20H,6,19H2,1-5H3,(H,30,32)/t20-/m1/s1. The second-order valence-corrected chi connectivity index (χ2v) is 12.3. The van der Waals surface area contributed by atoms with Crippen LogP contribution in [0.4, 0.5) is 5.69 Å². The van der Waals surface area contributed by atoms with Gasteiger partial charge in [0.15, 0.2) is 0 Å². The fourth-order valence-electron chi connectivity index (χ4n) is 3.70. The number of carbonyl (C=O) groups excluding carboxylic acids is 1. The van der Waals surface area contributed by atoms with E-state index in [1.165, 1.54) is 17.7 Å². The zero-order valence-corrected chi connectivity index (χ0v) is 23.7. The first-order chi connectivity index (χ1) is 16.9. The molecule has 0 saturated carbocycles. The number of sulfonamides is 1. The van der Waals surface area contributed by atoms with E-state index >= 15 is 0 Å². The zero-order chi connectivity index (χ0) is 26.5. The van der Waals surface area contributed by atoms with Crippen molar-refractivity contribution in [2.45, 2.75) is 51.0 Å². The number of rotatable bonds is 9. The number of hydrogen-bond donors (Lipinski definition) is 1. The van der Waals surface area contributed by atoms with Crippen LogP contribution in [0.1, 0.15) is 51.8 Å². The maximum absolute atomic E-state index is 13.6. The second-order valence-electron chi connectivity index (χ2n) is 9.55. The van der Waals surface area contributed by atoms with E-state index in [4.69, 9.17) is 4.74 Å². The molecule has 0 spiro atoms. The molecule has 192 valence electrons. The average Bonchev–Trinajstić information content (AvgIpc) is 2.83. The molecular weight excluding hydrogens is 540 g/mol. The first-order valence-corrected chi connectivity index (χ1v) is 14.1. The summed E-state index contributed by atoms with van der Waals surface area (Å²) in [5.74, 6) is 0.219. The molecule has 0 fully saturated rings. The largest absolute Gasteiger partial charge is 0.494 e. The summed E-state index contributed by atoms with van der Waals surface area (Å²) in [4.78, 5) is 13.2. The van der Waals surface area contributed by atoms with E-state index in [9.17, 15) is 13.2 Å². The number of benzene rings is 3. The van der Waals surface area contributed by atoms with Gasteiger partial charge in [-0.15, -0.1) is 0 Å². The Bertz CT molecular complexity index is 1270. The molecule has 36 heavy (non-hydrogen) atoms. The first kappa shape index (κ1) is 27.7. The lowest BCUT2D eigenvalue weighted by atomic mass is 9.86. The number of hydrogen-bond acceptors (Lipinski definition) is 4. The summed E-state index contributed by atoms with van der Waals surface area (Å²) in [5.41, 5.74) is 2.55. The van der Waals surface area contributed by atoms with E-state index < -0.39 is 15.9 Å². The highest BCUT2D eigenvalue weighted by atomic mass is 79.9. The highest BCUT2D eigenvalue weighted by Crippen LogP contribution is 2.27. The lowest BCUT2D eigenvalue weighted by Crippen LogP contribution is -2.41. The molecule has 1 amide bonds. The van der Waals surface area contributed by atoms with E-state index in [2.05, 4.69) is 54.2 Å². The Hall–Kier alpha value is -2.84. The van der Waals surface area contributed by atoms with E-state index in [0.29, 0.717) is 18.0 Å². The molecule has 0 radical (unpaired) electrons. The van der Waals surface area contributed by atoms with Crippen LogP contribution in [0.5, 0.6) is 5.75 Å². The van der Waals surface area contributed by atoms with Crippen molar-refractivity contribution in [3.8, 4) is 5.75 Å². The van der Waals surface area contributed by atoms with Gasteiger partial charge in [-0.25, -0.2) is 8.42 Å². The fraction of sp³-hybridized carbons (Fsp3) is 0.321. The number of ether oxygens (including phenoxy) is 1. The summed E-state index contributed by atoms with van der Waals surface area (Å²) in [6.45, 7) is 10.3. The molecule has 0 aliphatic heterocycles. The first-order valence-electron chi connectivity index (χ1n) is 11.8. The van der Waals surface area contributed by atoms with Crippen molar-refractivity contribution in [1.29, 1.82) is 0 Å². The Morgan fingerprint density at radius 3 is 2.08 bits per heavy atom. The molecule has 8 heteroatoms. The maximum atomic E-state index is 13.6. The quantitative estimate of drug-likeness (QED) is 0.330. The third-order valence-corrected chi connectivity index (χ3v) is 8.10. The van der Waals surface area contributed by atoms with Crippen molar-refractivity contribution < 1.29 is 17.9 Å². The molecule has 1 N–H and O–H groups in total. The second kappa shape index (κ2) is 11.5. The van der Waals surface area contributed by atoms with Gasteiger partial charge in [0.25, 0.3) is 10.0 Å². The molecule has 0 heterocycles. The van der Waals surface area contributed by atoms with Crippen LogP contribution < -0.4 is 14.4 Å². The normalized spacial score (nSPS) is 12.6. The Morgan fingerprint density at radius 2 is 1.56 bits per heavy atom. The van der Waals surface area contributed by atoms with Crippen molar-refractivity contribution in [2.24, 2.45) is 0 Å². The molecule has 3 aromatic rings. The van der Waals surface area contributed by atoms with Gasteiger partial charge in [0.2, 0.25) is 5.91 Å². The smallest absolute Gasteiger partial charge is 0.264 e. The highest BCUT2D eigenvalue weighted by Gasteiger charge is 2.28. The number of carbonyl (C=O) groups is 1. The number of amides is 1. The third-order valence-electron chi connectivity index (χ3n) is 5.78. The van der Waals surface area contributed by atoms with Gasteiger partial charge in [-0.3, -0.25) is 9.10 Å². The van der Waals surface area contributed by atoms with Crippen LogP contribution in [0.2, 0.25) is 0 Å². The van der Waals surface area contributed by atoms with Gasteiger partial charge in [0.1, 0.15) is 12.3 Å². The van der Waals surface area contributed by atoms with Crippen molar-refractivity contribution in [1.82, 2.24) is 5.32 Å². The average molecular weight is 574 g/mol. The molecule has 0 unspecified atom stereocenters. The monoisotopic (exact) mass is 572 g/mol. The minimum atomic E-state index is -4.00. The van der Waals surface area contributed by atoms with Gasteiger partial charge in [0, 0.05) is 4.47 Å². The minimum absolute atomic E-state index is 0.0324.